The third kappa shape index (κ3) is 4.02. The molecule has 0 fully saturated rings. The summed E-state index contributed by atoms with van der Waals surface area (Å²) in [7, 11) is 0. The maximum absolute atomic E-state index is 12.4. The number of halogens is 2. The molecule has 0 unspecified atom stereocenters. The van der Waals surface area contributed by atoms with E-state index in [1.54, 1.807) is 12.1 Å². The van der Waals surface area contributed by atoms with E-state index < -0.39 is 17.6 Å². The average Bonchev–Trinajstić information content (AvgIpc) is 2.90. The molecular formula is C13H9F2NO3S2. The Morgan fingerprint density at radius 1 is 1.14 bits per heavy atom. The van der Waals surface area contributed by atoms with Crippen LogP contribution in [0, 0.1) is 0 Å². The number of rotatable bonds is 5. The van der Waals surface area contributed by atoms with Crippen molar-refractivity contribution in [3.8, 4) is 0 Å². The van der Waals surface area contributed by atoms with Crippen molar-refractivity contribution in [1.82, 2.24) is 0 Å². The van der Waals surface area contributed by atoms with Crippen molar-refractivity contribution in [3.63, 3.8) is 0 Å². The fraction of sp³-hybridized carbons (Fsp3) is 0.0769. The molecule has 0 aliphatic heterocycles. The standard InChI is InChI=1S/C13H9F2NO3S2/c14-13(15)21-8-4-2-1-3-7(8)16-11(17)9-5-6-10(20-9)12(18)19/h1-6,13H,(H,16,17)(H,18,19). The number of hydrogen-bond acceptors (Lipinski definition) is 4. The van der Waals surface area contributed by atoms with Crippen molar-refractivity contribution in [2.24, 2.45) is 0 Å². The van der Waals surface area contributed by atoms with E-state index in [0.717, 1.165) is 11.3 Å². The number of aromatic carboxylic acids is 1. The molecule has 1 aromatic heterocycles. The third-order valence-electron chi connectivity index (χ3n) is 2.39. The second kappa shape index (κ2) is 6.68. The lowest BCUT2D eigenvalue weighted by Crippen LogP contribution is -2.11. The van der Waals surface area contributed by atoms with Crippen molar-refractivity contribution in [3.05, 3.63) is 46.2 Å². The Kier molecular flexibility index (Phi) is 4.92. The van der Waals surface area contributed by atoms with E-state index in [2.05, 4.69) is 5.32 Å². The first-order valence-electron chi connectivity index (χ1n) is 5.65. The largest absolute Gasteiger partial charge is 0.477 e. The molecule has 0 atom stereocenters. The Labute approximate surface area is 126 Å². The van der Waals surface area contributed by atoms with Crippen LogP contribution in [0.15, 0.2) is 41.3 Å². The zero-order valence-corrected chi connectivity index (χ0v) is 12.0. The molecule has 110 valence electrons. The van der Waals surface area contributed by atoms with Crippen LogP contribution in [-0.4, -0.2) is 22.7 Å². The summed E-state index contributed by atoms with van der Waals surface area (Å²) >= 11 is 1.16. The highest BCUT2D eigenvalue weighted by atomic mass is 32.2. The van der Waals surface area contributed by atoms with Gasteiger partial charge in [0, 0.05) is 4.90 Å². The predicted molar refractivity (Wildman–Crippen MR) is 77.5 cm³/mol. The number of carbonyl (C=O) groups excluding carboxylic acids is 1. The first-order valence-corrected chi connectivity index (χ1v) is 7.35. The molecule has 8 heteroatoms. The van der Waals surface area contributed by atoms with Gasteiger partial charge in [0.2, 0.25) is 0 Å². The van der Waals surface area contributed by atoms with Gasteiger partial charge in [-0.05, 0) is 24.3 Å². The summed E-state index contributed by atoms with van der Waals surface area (Å²) in [4.78, 5) is 23.2. The van der Waals surface area contributed by atoms with Crippen molar-refractivity contribution < 1.29 is 23.5 Å². The fourth-order valence-electron chi connectivity index (χ4n) is 1.53. The number of nitrogens with one attached hydrogen (secondary N) is 1. The lowest BCUT2D eigenvalue weighted by atomic mass is 10.3. The summed E-state index contributed by atoms with van der Waals surface area (Å²) < 4.78 is 24.9. The summed E-state index contributed by atoms with van der Waals surface area (Å²) in [6.07, 6.45) is 0. The van der Waals surface area contributed by atoms with Crippen LogP contribution in [0.1, 0.15) is 19.3 Å². The highest BCUT2D eigenvalue weighted by molar-refractivity contribution is 7.99. The topological polar surface area (TPSA) is 66.4 Å². The van der Waals surface area contributed by atoms with Gasteiger partial charge in [-0.15, -0.1) is 11.3 Å². The second-order valence-electron chi connectivity index (χ2n) is 3.80. The zero-order chi connectivity index (χ0) is 15.4. The van der Waals surface area contributed by atoms with Gasteiger partial charge in [-0.1, -0.05) is 23.9 Å². The van der Waals surface area contributed by atoms with E-state index in [0.29, 0.717) is 11.8 Å². The van der Waals surface area contributed by atoms with Gasteiger partial charge < -0.3 is 10.4 Å². The van der Waals surface area contributed by atoms with E-state index in [1.165, 1.54) is 24.3 Å². The molecule has 1 aromatic carbocycles. The monoisotopic (exact) mass is 329 g/mol. The number of amides is 1. The van der Waals surface area contributed by atoms with Gasteiger partial charge in [0.1, 0.15) is 4.88 Å². The van der Waals surface area contributed by atoms with Gasteiger partial charge in [0.15, 0.2) is 0 Å². The Morgan fingerprint density at radius 3 is 2.43 bits per heavy atom. The van der Waals surface area contributed by atoms with E-state index in [4.69, 9.17) is 5.11 Å². The Bertz CT molecular complexity index is 673. The van der Waals surface area contributed by atoms with Crippen molar-refractivity contribution in [2.75, 3.05) is 5.32 Å². The normalized spacial score (nSPS) is 10.6. The van der Waals surface area contributed by atoms with Crippen LogP contribution in [0.4, 0.5) is 14.5 Å². The van der Waals surface area contributed by atoms with Crippen LogP contribution < -0.4 is 5.32 Å². The molecule has 21 heavy (non-hydrogen) atoms. The molecule has 4 nitrogen and oxygen atoms in total. The number of thioether (sulfide) groups is 1. The SMILES string of the molecule is O=C(O)c1ccc(C(=O)Nc2ccccc2SC(F)F)s1. The molecule has 0 bridgehead atoms. The molecule has 2 aromatic rings. The lowest BCUT2D eigenvalue weighted by molar-refractivity contribution is 0.0702. The summed E-state index contributed by atoms with van der Waals surface area (Å²) in [5, 5.41) is 11.3. The number of alkyl halides is 2. The van der Waals surface area contributed by atoms with Crippen molar-refractivity contribution in [2.45, 2.75) is 10.7 Å². The van der Waals surface area contributed by atoms with E-state index in [1.807, 2.05) is 0 Å². The minimum absolute atomic E-state index is 0.0374. The first kappa shape index (κ1) is 15.5. The number of carboxylic acids is 1. The predicted octanol–water partition coefficient (Wildman–Crippen LogP) is 4.01. The van der Waals surface area contributed by atoms with Crippen molar-refractivity contribution >= 4 is 40.7 Å². The first-order chi connectivity index (χ1) is 9.97. The van der Waals surface area contributed by atoms with Gasteiger partial charge in [-0.25, -0.2) is 4.79 Å². The summed E-state index contributed by atoms with van der Waals surface area (Å²) in [6.45, 7) is 0. The average molecular weight is 329 g/mol. The van der Waals surface area contributed by atoms with Gasteiger partial charge >= 0.3 is 5.97 Å². The van der Waals surface area contributed by atoms with Crippen molar-refractivity contribution in [1.29, 1.82) is 0 Å². The molecule has 1 heterocycles. The molecule has 0 aliphatic carbocycles. The number of anilines is 1. The van der Waals surface area contributed by atoms with Gasteiger partial charge in [0.25, 0.3) is 11.7 Å². The molecule has 0 radical (unpaired) electrons. The van der Waals surface area contributed by atoms with Crippen LogP contribution in [0.3, 0.4) is 0 Å². The van der Waals surface area contributed by atoms with Crippen LogP contribution in [0.5, 0.6) is 0 Å². The third-order valence-corrected chi connectivity index (χ3v) is 4.25. The van der Waals surface area contributed by atoms with Gasteiger partial charge in [0.05, 0.1) is 10.6 Å². The molecule has 0 saturated carbocycles. The van der Waals surface area contributed by atoms with E-state index in [-0.39, 0.29) is 20.3 Å². The van der Waals surface area contributed by atoms with Crippen LogP contribution in [0.2, 0.25) is 0 Å². The molecule has 0 saturated heterocycles. The highest BCUT2D eigenvalue weighted by Gasteiger charge is 2.15. The zero-order valence-electron chi connectivity index (χ0n) is 10.4. The number of para-hydroxylation sites is 1. The van der Waals surface area contributed by atoms with E-state index >= 15 is 0 Å². The molecule has 1 amide bonds. The maximum Gasteiger partial charge on any atom is 0.345 e. The molecule has 0 aliphatic rings. The smallest absolute Gasteiger partial charge is 0.345 e. The van der Waals surface area contributed by atoms with Crippen LogP contribution >= 0.6 is 23.1 Å². The maximum atomic E-state index is 12.4. The molecule has 2 rings (SSSR count). The number of benzene rings is 1. The minimum Gasteiger partial charge on any atom is -0.477 e. The van der Waals surface area contributed by atoms with E-state index in [9.17, 15) is 18.4 Å². The number of hydrogen-bond donors (Lipinski definition) is 2. The summed E-state index contributed by atoms with van der Waals surface area (Å²) in [5.74, 6) is -4.24. The quantitative estimate of drug-likeness (QED) is 0.813. The molecule has 0 spiro atoms. The van der Waals surface area contributed by atoms with Crippen LogP contribution in [0.25, 0.3) is 0 Å². The summed E-state index contributed by atoms with van der Waals surface area (Å²) in [5.41, 5.74) is 0.262. The minimum atomic E-state index is -2.59. The summed E-state index contributed by atoms with van der Waals surface area (Å²) in [6, 6.07) is 8.89. The fourth-order valence-corrected chi connectivity index (χ4v) is 2.86. The highest BCUT2D eigenvalue weighted by Crippen LogP contribution is 2.32. The lowest BCUT2D eigenvalue weighted by Gasteiger charge is -2.09. The molecule has 2 N–H and O–H groups in total. The number of thiophene rings is 1. The Hall–Kier alpha value is -1.93. The molecular weight excluding hydrogens is 320 g/mol. The van der Waals surface area contributed by atoms with Gasteiger partial charge in [-0.3, -0.25) is 4.79 Å². The Morgan fingerprint density at radius 2 is 1.81 bits per heavy atom. The van der Waals surface area contributed by atoms with Crippen LogP contribution in [-0.2, 0) is 0 Å². The van der Waals surface area contributed by atoms with Gasteiger partial charge in [-0.2, -0.15) is 8.78 Å². The Balaban J connectivity index is 2.17. The second-order valence-corrected chi connectivity index (χ2v) is 5.91. The number of carboxylic acid groups (broad SMARTS) is 1. The number of carbonyl (C=O) groups is 2.